The molecule has 0 spiro atoms. The van der Waals surface area contributed by atoms with Gasteiger partial charge in [0, 0.05) is 23.1 Å². The molecule has 3 nitrogen and oxygen atoms in total. The van der Waals surface area contributed by atoms with Crippen molar-refractivity contribution in [2.45, 2.75) is 17.7 Å². The molecule has 0 bridgehead atoms. The quantitative estimate of drug-likeness (QED) is 0.335. The van der Waals surface area contributed by atoms with Gasteiger partial charge in [-0.25, -0.2) is 0 Å². The summed E-state index contributed by atoms with van der Waals surface area (Å²) in [5.74, 6) is 0.911. The van der Waals surface area contributed by atoms with Crippen LogP contribution in [-0.4, -0.2) is 48.2 Å². The Morgan fingerprint density at radius 2 is 1.45 bits per heavy atom. The second-order valence-corrected chi connectivity index (χ2v) is 7.88. The van der Waals surface area contributed by atoms with Gasteiger partial charge in [0.25, 0.3) is 0 Å². The number of alkyl halides is 5. The molecule has 3 atom stereocenters. The fourth-order valence-electron chi connectivity index (χ4n) is 0.731. The summed E-state index contributed by atoms with van der Waals surface area (Å²) < 4.78 is 16.5. The smallest absolute Gasteiger partial charge is 0.312 e. The summed E-state index contributed by atoms with van der Waals surface area (Å²) in [4.78, 5) is 0. The molecule has 121 valence electrons. The van der Waals surface area contributed by atoms with Gasteiger partial charge in [0.2, 0.25) is 0 Å². The van der Waals surface area contributed by atoms with Crippen LogP contribution in [-0.2, 0) is 13.6 Å². The monoisotopic (exact) mass is 405 g/mol. The molecule has 0 fully saturated rings. The van der Waals surface area contributed by atoms with Crippen molar-refractivity contribution in [2.24, 2.45) is 5.41 Å². The van der Waals surface area contributed by atoms with Gasteiger partial charge < -0.3 is 13.6 Å². The normalized spacial score (nSPS) is 16.9. The van der Waals surface area contributed by atoms with Gasteiger partial charge in [0.05, 0.1) is 30.6 Å². The Morgan fingerprint density at radius 3 is 1.80 bits per heavy atom. The molecule has 0 aromatic rings. The van der Waals surface area contributed by atoms with Gasteiger partial charge in [-0.1, -0.05) is 6.92 Å². The molecule has 0 amide bonds. The van der Waals surface area contributed by atoms with E-state index in [0.29, 0.717) is 12.5 Å². The van der Waals surface area contributed by atoms with Crippen LogP contribution in [0, 0.1) is 12.3 Å². The van der Waals surface area contributed by atoms with Gasteiger partial charge in [-0.3, -0.25) is 0 Å². The van der Waals surface area contributed by atoms with E-state index >= 15 is 0 Å². The van der Waals surface area contributed by atoms with Crippen molar-refractivity contribution < 1.29 is 13.6 Å². The molecular weight excluding hydrogens is 388 g/mol. The van der Waals surface area contributed by atoms with Crippen LogP contribution in [0.5, 0.6) is 0 Å². The van der Waals surface area contributed by atoms with E-state index in [1.54, 1.807) is 0 Å². The van der Waals surface area contributed by atoms with E-state index in [2.05, 4.69) is 6.92 Å². The third kappa shape index (κ3) is 11.3. The Bertz CT molecular complexity index is 234. The Labute approximate surface area is 147 Å². The largest absolute Gasteiger partial charge is 0.332 e. The molecular formula is C11H19Cl5O3P. The molecule has 3 unspecified atom stereocenters. The highest BCUT2D eigenvalue weighted by Gasteiger charge is 2.23. The van der Waals surface area contributed by atoms with E-state index in [-0.39, 0.29) is 35.7 Å². The molecule has 1 radical (unpaired) electrons. The lowest BCUT2D eigenvalue weighted by molar-refractivity contribution is 0.134. The van der Waals surface area contributed by atoms with Crippen molar-refractivity contribution in [2.75, 3.05) is 37.5 Å². The van der Waals surface area contributed by atoms with Crippen molar-refractivity contribution in [3.05, 3.63) is 6.92 Å². The Balaban J connectivity index is 4.23. The molecule has 0 saturated heterocycles. The zero-order valence-electron chi connectivity index (χ0n) is 11.2. The molecule has 0 saturated carbocycles. The first-order chi connectivity index (χ1) is 9.34. The maximum absolute atomic E-state index is 5.88. The number of hydrogen-bond donors (Lipinski definition) is 0. The highest BCUT2D eigenvalue weighted by Crippen LogP contribution is 2.42. The van der Waals surface area contributed by atoms with Crippen molar-refractivity contribution in [1.29, 1.82) is 0 Å². The molecule has 0 N–H and O–H groups in total. The minimum absolute atomic E-state index is 0.222. The predicted octanol–water partition coefficient (Wildman–Crippen LogP) is 5.03. The zero-order chi connectivity index (χ0) is 15.6. The third-order valence-corrected chi connectivity index (χ3v) is 5.22. The van der Waals surface area contributed by atoms with Crippen LogP contribution in [0.25, 0.3) is 0 Å². The highest BCUT2D eigenvalue weighted by atomic mass is 35.5. The third-order valence-electron chi connectivity index (χ3n) is 1.90. The van der Waals surface area contributed by atoms with E-state index in [4.69, 9.17) is 71.6 Å². The van der Waals surface area contributed by atoms with Gasteiger partial charge in [-0.2, -0.15) is 0 Å². The van der Waals surface area contributed by atoms with E-state index in [0.717, 1.165) is 0 Å². The second kappa shape index (κ2) is 12.2. The maximum Gasteiger partial charge on any atom is 0.332 e. The van der Waals surface area contributed by atoms with E-state index < -0.39 is 14.0 Å². The summed E-state index contributed by atoms with van der Waals surface area (Å²) in [6.07, 6.45) is 0. The number of hydrogen-bond acceptors (Lipinski definition) is 3. The first-order valence-electron chi connectivity index (χ1n) is 5.85. The molecule has 0 heterocycles. The van der Waals surface area contributed by atoms with Crippen LogP contribution in [0.15, 0.2) is 0 Å². The SMILES string of the molecule is [CH2]C(C)(CCl)COP(OCC(Cl)CCl)OCC(Cl)CCl. The lowest BCUT2D eigenvalue weighted by Gasteiger charge is -2.25. The van der Waals surface area contributed by atoms with Crippen molar-refractivity contribution in [1.82, 2.24) is 0 Å². The number of halogens is 5. The molecule has 20 heavy (non-hydrogen) atoms. The van der Waals surface area contributed by atoms with Crippen molar-refractivity contribution >= 4 is 66.6 Å². The highest BCUT2D eigenvalue weighted by molar-refractivity contribution is 7.41. The summed E-state index contributed by atoms with van der Waals surface area (Å²) in [5, 5.41) is -0.624. The first-order valence-corrected chi connectivity index (χ1v) is 9.42. The maximum atomic E-state index is 5.88. The molecule has 0 aliphatic heterocycles. The average Bonchev–Trinajstić information content (AvgIpc) is 2.45. The summed E-state index contributed by atoms with van der Waals surface area (Å²) in [6.45, 7) is 6.54. The minimum Gasteiger partial charge on any atom is -0.312 e. The molecule has 0 aromatic heterocycles. The lowest BCUT2D eigenvalue weighted by atomic mass is 9.99. The lowest BCUT2D eigenvalue weighted by Crippen LogP contribution is -2.21. The minimum atomic E-state index is -1.59. The zero-order valence-corrected chi connectivity index (χ0v) is 15.8. The number of rotatable bonds is 12. The van der Waals surface area contributed by atoms with Gasteiger partial charge in [0.1, 0.15) is 0 Å². The Kier molecular flexibility index (Phi) is 13.3. The van der Waals surface area contributed by atoms with Crippen LogP contribution in [0.1, 0.15) is 6.92 Å². The summed E-state index contributed by atoms with van der Waals surface area (Å²) in [5.41, 5.74) is -0.422. The van der Waals surface area contributed by atoms with Crippen molar-refractivity contribution in [3.8, 4) is 0 Å². The summed E-state index contributed by atoms with van der Waals surface area (Å²) >= 11 is 28.7. The summed E-state index contributed by atoms with van der Waals surface area (Å²) in [7, 11) is -1.59. The molecule has 9 heteroatoms. The molecule has 0 aromatic carbocycles. The van der Waals surface area contributed by atoms with Gasteiger partial charge in [0.15, 0.2) is 0 Å². The van der Waals surface area contributed by atoms with Crippen LogP contribution in [0.2, 0.25) is 0 Å². The first kappa shape index (κ1) is 21.8. The Hall–Kier alpha value is 1.76. The Morgan fingerprint density at radius 1 is 1.00 bits per heavy atom. The fourth-order valence-corrected chi connectivity index (χ4v) is 2.53. The molecule has 0 rings (SSSR count). The average molecular weight is 408 g/mol. The van der Waals surface area contributed by atoms with E-state index in [1.807, 2.05) is 6.92 Å². The predicted molar refractivity (Wildman–Crippen MR) is 89.7 cm³/mol. The van der Waals surface area contributed by atoms with Crippen LogP contribution in [0.4, 0.5) is 0 Å². The molecule has 0 aliphatic carbocycles. The van der Waals surface area contributed by atoms with Gasteiger partial charge >= 0.3 is 8.60 Å². The van der Waals surface area contributed by atoms with E-state index in [1.165, 1.54) is 0 Å². The van der Waals surface area contributed by atoms with E-state index in [9.17, 15) is 0 Å². The second-order valence-electron chi connectivity index (χ2n) is 4.54. The summed E-state index contributed by atoms with van der Waals surface area (Å²) in [6, 6.07) is 0. The van der Waals surface area contributed by atoms with Crippen LogP contribution in [0.3, 0.4) is 0 Å². The van der Waals surface area contributed by atoms with Crippen molar-refractivity contribution in [3.63, 3.8) is 0 Å². The molecule has 0 aliphatic rings. The standard InChI is InChI=1S/C11H19Cl5O3P/c1-11(2,7-14)8-19-20(17-5-9(15)3-12)18-6-10(16)4-13/h9-10H,1,3-8H2,2H3. The van der Waals surface area contributed by atoms with Gasteiger partial charge in [-0.15, -0.1) is 58.0 Å². The van der Waals surface area contributed by atoms with Gasteiger partial charge in [-0.05, 0) is 6.92 Å². The fraction of sp³-hybridized carbons (Fsp3) is 0.909. The van der Waals surface area contributed by atoms with Crippen LogP contribution < -0.4 is 0 Å². The van der Waals surface area contributed by atoms with Crippen LogP contribution >= 0.6 is 66.6 Å². The topological polar surface area (TPSA) is 27.7 Å².